The Morgan fingerprint density at radius 2 is 1.82 bits per heavy atom. The Morgan fingerprint density at radius 3 is 2.47 bits per heavy atom. The highest BCUT2D eigenvalue weighted by Gasteiger charge is 1.99. The number of hydrogen-bond donors (Lipinski definition) is 0. The van der Waals surface area contributed by atoms with Crippen molar-refractivity contribution in [1.82, 2.24) is 0 Å². The zero-order valence-corrected chi connectivity index (χ0v) is 11.0. The highest BCUT2D eigenvalue weighted by Crippen LogP contribution is 2.19. The second-order valence-corrected chi connectivity index (χ2v) is 4.68. The fraction of sp³-hybridized carbons (Fsp3) is 0.143. The molecule has 0 N–H and O–H groups in total. The molecule has 0 heterocycles. The maximum Gasteiger partial charge on any atom is 0.123 e. The molecule has 0 atom stereocenters. The van der Waals surface area contributed by atoms with Crippen molar-refractivity contribution in [2.75, 3.05) is 0 Å². The molecule has 0 aliphatic carbocycles. The average molecular weight is 295 g/mol. The Morgan fingerprint density at radius 1 is 1.12 bits per heavy atom. The van der Waals surface area contributed by atoms with E-state index in [1.807, 2.05) is 19.1 Å². The zero-order valence-electron chi connectivity index (χ0n) is 9.41. The number of aryl methyl sites for hydroxylation is 1. The van der Waals surface area contributed by atoms with Gasteiger partial charge in [-0.2, -0.15) is 0 Å². The highest BCUT2D eigenvalue weighted by atomic mass is 79.9. The van der Waals surface area contributed by atoms with Crippen LogP contribution in [0.25, 0.3) is 0 Å². The van der Waals surface area contributed by atoms with E-state index in [4.69, 9.17) is 4.74 Å². The smallest absolute Gasteiger partial charge is 0.123 e. The predicted octanol–water partition coefficient (Wildman–Crippen LogP) is 4.48. The summed E-state index contributed by atoms with van der Waals surface area (Å²) < 4.78 is 19.3. The molecule has 0 fully saturated rings. The summed E-state index contributed by atoms with van der Waals surface area (Å²) >= 11 is 3.45. The van der Waals surface area contributed by atoms with E-state index in [2.05, 4.69) is 22.0 Å². The second-order valence-electron chi connectivity index (χ2n) is 3.83. The molecule has 88 valence electrons. The molecular weight excluding hydrogens is 283 g/mol. The van der Waals surface area contributed by atoms with E-state index < -0.39 is 0 Å². The lowest BCUT2D eigenvalue weighted by molar-refractivity contribution is 0.305. The van der Waals surface area contributed by atoms with Crippen molar-refractivity contribution in [3.63, 3.8) is 0 Å². The third-order valence-electron chi connectivity index (χ3n) is 2.44. The summed E-state index contributed by atoms with van der Waals surface area (Å²) in [4.78, 5) is 0. The van der Waals surface area contributed by atoms with Crippen LogP contribution in [-0.4, -0.2) is 0 Å². The van der Waals surface area contributed by atoms with E-state index in [9.17, 15) is 4.39 Å². The van der Waals surface area contributed by atoms with E-state index >= 15 is 0 Å². The van der Waals surface area contributed by atoms with Crippen LogP contribution in [0.1, 0.15) is 11.1 Å². The van der Waals surface area contributed by atoms with Gasteiger partial charge in [-0.3, -0.25) is 0 Å². The van der Waals surface area contributed by atoms with Gasteiger partial charge in [0.1, 0.15) is 18.2 Å². The number of rotatable bonds is 3. The summed E-state index contributed by atoms with van der Waals surface area (Å²) in [6.07, 6.45) is 0. The highest BCUT2D eigenvalue weighted by molar-refractivity contribution is 9.10. The van der Waals surface area contributed by atoms with Crippen molar-refractivity contribution in [1.29, 1.82) is 0 Å². The zero-order chi connectivity index (χ0) is 12.3. The molecule has 3 heteroatoms. The third kappa shape index (κ3) is 3.30. The minimum absolute atomic E-state index is 0.253. The van der Waals surface area contributed by atoms with Gasteiger partial charge in [-0.05, 0) is 48.4 Å². The van der Waals surface area contributed by atoms with Crippen LogP contribution < -0.4 is 4.74 Å². The molecule has 17 heavy (non-hydrogen) atoms. The largest absolute Gasteiger partial charge is 0.489 e. The Balaban J connectivity index is 2.02. The Hall–Kier alpha value is -1.35. The third-order valence-corrected chi connectivity index (χ3v) is 3.33. The normalized spacial score (nSPS) is 10.3. The summed E-state index contributed by atoms with van der Waals surface area (Å²) in [7, 11) is 0. The minimum atomic E-state index is -0.253. The number of benzene rings is 2. The van der Waals surface area contributed by atoms with Crippen molar-refractivity contribution in [2.24, 2.45) is 0 Å². The van der Waals surface area contributed by atoms with Crippen LogP contribution in [0.15, 0.2) is 46.9 Å². The van der Waals surface area contributed by atoms with Gasteiger partial charge >= 0.3 is 0 Å². The van der Waals surface area contributed by atoms with Crippen LogP contribution >= 0.6 is 15.9 Å². The summed E-state index contributed by atoms with van der Waals surface area (Å²) in [5.74, 6) is 0.420. The first kappa shape index (κ1) is 12.1. The number of ether oxygens (including phenoxy) is 1. The van der Waals surface area contributed by atoms with Crippen molar-refractivity contribution in [3.05, 3.63) is 63.9 Å². The van der Waals surface area contributed by atoms with Gasteiger partial charge in [-0.1, -0.05) is 28.1 Å². The van der Waals surface area contributed by atoms with E-state index in [0.717, 1.165) is 10.0 Å². The van der Waals surface area contributed by atoms with E-state index in [0.29, 0.717) is 12.4 Å². The molecule has 0 aliphatic heterocycles. The van der Waals surface area contributed by atoms with Gasteiger partial charge < -0.3 is 4.74 Å². The molecule has 2 rings (SSSR count). The maximum atomic E-state index is 12.7. The first-order valence-electron chi connectivity index (χ1n) is 5.28. The van der Waals surface area contributed by atoms with E-state index in [1.165, 1.54) is 17.7 Å². The first-order chi connectivity index (χ1) is 8.15. The fourth-order valence-electron chi connectivity index (χ4n) is 1.49. The molecule has 0 amide bonds. The van der Waals surface area contributed by atoms with Gasteiger partial charge in [0.2, 0.25) is 0 Å². The van der Waals surface area contributed by atoms with Crippen LogP contribution in [-0.2, 0) is 6.61 Å². The van der Waals surface area contributed by atoms with Crippen LogP contribution in [0.2, 0.25) is 0 Å². The van der Waals surface area contributed by atoms with Crippen LogP contribution in [0, 0.1) is 12.7 Å². The lowest BCUT2D eigenvalue weighted by Crippen LogP contribution is -1.96. The van der Waals surface area contributed by atoms with Crippen LogP contribution in [0.4, 0.5) is 4.39 Å². The van der Waals surface area contributed by atoms with E-state index in [-0.39, 0.29) is 5.82 Å². The number of hydrogen-bond acceptors (Lipinski definition) is 1. The van der Waals surface area contributed by atoms with Gasteiger partial charge in [0.15, 0.2) is 0 Å². The average Bonchev–Trinajstić information content (AvgIpc) is 2.33. The number of halogens is 2. The molecule has 1 nitrogen and oxygen atoms in total. The SMILES string of the molecule is Cc1cc(COc2ccc(F)cc2)ccc1Br. The van der Waals surface area contributed by atoms with E-state index in [1.54, 1.807) is 12.1 Å². The molecule has 0 spiro atoms. The lowest BCUT2D eigenvalue weighted by atomic mass is 10.1. The van der Waals surface area contributed by atoms with Crippen molar-refractivity contribution < 1.29 is 9.13 Å². The summed E-state index contributed by atoms with van der Waals surface area (Å²) in [5, 5.41) is 0. The predicted molar refractivity (Wildman–Crippen MR) is 69.6 cm³/mol. The second kappa shape index (κ2) is 5.32. The van der Waals surface area contributed by atoms with Gasteiger partial charge in [0.05, 0.1) is 0 Å². The molecule has 0 unspecified atom stereocenters. The molecule has 0 aromatic heterocycles. The first-order valence-corrected chi connectivity index (χ1v) is 6.08. The molecule has 0 saturated heterocycles. The van der Waals surface area contributed by atoms with Gasteiger partial charge in [0, 0.05) is 4.47 Å². The van der Waals surface area contributed by atoms with Crippen LogP contribution in [0.3, 0.4) is 0 Å². The minimum Gasteiger partial charge on any atom is -0.489 e. The molecule has 2 aromatic carbocycles. The Bertz CT molecular complexity index is 508. The maximum absolute atomic E-state index is 12.7. The van der Waals surface area contributed by atoms with Crippen molar-refractivity contribution in [3.8, 4) is 5.75 Å². The Labute approximate surface area is 108 Å². The quantitative estimate of drug-likeness (QED) is 0.811. The molecule has 0 bridgehead atoms. The van der Waals surface area contributed by atoms with Crippen LogP contribution in [0.5, 0.6) is 5.75 Å². The topological polar surface area (TPSA) is 9.23 Å². The molecule has 0 aliphatic rings. The van der Waals surface area contributed by atoms with Gasteiger partial charge in [-0.15, -0.1) is 0 Å². The van der Waals surface area contributed by atoms with Gasteiger partial charge in [-0.25, -0.2) is 4.39 Å². The summed E-state index contributed by atoms with van der Waals surface area (Å²) in [6, 6.07) is 12.1. The summed E-state index contributed by atoms with van der Waals surface area (Å²) in [5.41, 5.74) is 2.26. The Kier molecular flexibility index (Phi) is 3.79. The van der Waals surface area contributed by atoms with Gasteiger partial charge in [0.25, 0.3) is 0 Å². The monoisotopic (exact) mass is 294 g/mol. The lowest BCUT2D eigenvalue weighted by Gasteiger charge is -2.07. The molecule has 0 saturated carbocycles. The molecule has 2 aromatic rings. The summed E-state index contributed by atoms with van der Waals surface area (Å²) in [6.45, 7) is 2.52. The molecule has 0 radical (unpaired) electrons. The standard InChI is InChI=1S/C14H12BrFO/c1-10-8-11(2-7-14(10)15)9-17-13-5-3-12(16)4-6-13/h2-8H,9H2,1H3. The fourth-order valence-corrected chi connectivity index (χ4v) is 1.74. The molecular formula is C14H12BrFO. The van der Waals surface area contributed by atoms with Crippen molar-refractivity contribution in [2.45, 2.75) is 13.5 Å². The van der Waals surface area contributed by atoms with Crippen molar-refractivity contribution >= 4 is 15.9 Å².